The summed E-state index contributed by atoms with van der Waals surface area (Å²) in [5.41, 5.74) is 0.671. The summed E-state index contributed by atoms with van der Waals surface area (Å²) in [4.78, 5) is 18.7. The number of carbonyl (C=O) groups is 1. The van der Waals surface area contributed by atoms with Crippen molar-refractivity contribution in [3.63, 3.8) is 0 Å². The number of thiophene rings is 1. The summed E-state index contributed by atoms with van der Waals surface area (Å²) in [7, 11) is -3.84. The van der Waals surface area contributed by atoms with Crippen molar-refractivity contribution in [2.45, 2.75) is 24.5 Å². The second-order valence-corrected chi connectivity index (χ2v) is 9.69. The Bertz CT molecular complexity index is 1040. The first kappa shape index (κ1) is 20.7. The first-order chi connectivity index (χ1) is 13.4. The summed E-state index contributed by atoms with van der Waals surface area (Å²) in [5.74, 6) is 0.117. The highest BCUT2D eigenvalue weighted by molar-refractivity contribution is 7.89. The Morgan fingerprint density at radius 1 is 1.25 bits per heavy atom. The maximum atomic E-state index is 12.2. The van der Waals surface area contributed by atoms with Crippen molar-refractivity contribution in [3.05, 3.63) is 35.7 Å². The van der Waals surface area contributed by atoms with E-state index < -0.39 is 10.1 Å². The van der Waals surface area contributed by atoms with Gasteiger partial charge in [-0.3, -0.25) is 4.79 Å². The third kappa shape index (κ3) is 5.07. The number of benzene rings is 1. The number of hydrogen-bond acceptors (Lipinski definition) is 8. The van der Waals surface area contributed by atoms with Crippen molar-refractivity contribution in [3.8, 4) is 5.75 Å². The van der Waals surface area contributed by atoms with Gasteiger partial charge in [-0.25, -0.2) is 4.98 Å². The molecule has 0 saturated heterocycles. The highest BCUT2D eigenvalue weighted by Gasteiger charge is 2.18. The zero-order valence-electron chi connectivity index (χ0n) is 15.5. The van der Waals surface area contributed by atoms with Crippen molar-refractivity contribution in [2.24, 2.45) is 0 Å². The Kier molecular flexibility index (Phi) is 6.65. The molecule has 0 bridgehead atoms. The monoisotopic (exact) mass is 439 g/mol. The van der Waals surface area contributed by atoms with Gasteiger partial charge in [-0.15, -0.1) is 11.3 Å². The predicted molar refractivity (Wildman–Crippen MR) is 113 cm³/mol. The summed E-state index contributed by atoms with van der Waals surface area (Å²) >= 11 is 2.38. The number of carbonyl (C=O) groups excluding carboxylic acids is 1. The van der Waals surface area contributed by atoms with Gasteiger partial charge in [0.15, 0.2) is 9.34 Å². The number of nitrogens with one attached hydrogen (secondary N) is 1. The molecule has 0 spiro atoms. The molecule has 10 heteroatoms. The van der Waals surface area contributed by atoms with Crippen LogP contribution in [0.25, 0.3) is 10.2 Å². The Labute approximate surface area is 172 Å². The highest BCUT2D eigenvalue weighted by Crippen LogP contribution is 2.31. The second kappa shape index (κ2) is 8.99. The van der Waals surface area contributed by atoms with Gasteiger partial charge in [0.2, 0.25) is 5.91 Å². The number of thiazole rings is 1. The summed E-state index contributed by atoms with van der Waals surface area (Å²) in [6, 6.07) is 8.00. The summed E-state index contributed by atoms with van der Waals surface area (Å²) in [6.07, 6.45) is 0.394. The van der Waals surface area contributed by atoms with Gasteiger partial charge in [0.25, 0.3) is 0 Å². The molecule has 0 unspecified atom stereocenters. The van der Waals surface area contributed by atoms with E-state index in [0.717, 1.165) is 29.1 Å². The van der Waals surface area contributed by atoms with E-state index in [9.17, 15) is 13.2 Å². The van der Waals surface area contributed by atoms with E-state index in [2.05, 4.69) is 29.0 Å². The molecule has 28 heavy (non-hydrogen) atoms. The summed E-state index contributed by atoms with van der Waals surface area (Å²) in [6.45, 7) is 6.63. The maximum absolute atomic E-state index is 12.2. The number of hydrogen-bond donors (Lipinski definition) is 1. The van der Waals surface area contributed by atoms with Gasteiger partial charge in [0, 0.05) is 19.0 Å². The molecule has 2 aromatic heterocycles. The number of rotatable bonds is 9. The van der Waals surface area contributed by atoms with E-state index in [4.69, 9.17) is 4.18 Å². The molecule has 2 heterocycles. The number of amides is 1. The molecule has 0 fully saturated rings. The number of fused-ring (bicyclic) bond motifs is 1. The zero-order valence-corrected chi connectivity index (χ0v) is 18.0. The lowest BCUT2D eigenvalue weighted by Crippen LogP contribution is -2.27. The van der Waals surface area contributed by atoms with Crippen molar-refractivity contribution in [1.29, 1.82) is 0 Å². The van der Waals surface area contributed by atoms with E-state index >= 15 is 0 Å². The van der Waals surface area contributed by atoms with E-state index in [1.807, 2.05) is 0 Å². The molecule has 1 amide bonds. The molecule has 3 aromatic rings. The smallest absolute Gasteiger partial charge is 0.348 e. The molecule has 7 nitrogen and oxygen atoms in total. The van der Waals surface area contributed by atoms with Crippen molar-refractivity contribution >= 4 is 54.0 Å². The van der Waals surface area contributed by atoms with Crippen molar-refractivity contribution in [1.82, 2.24) is 9.88 Å². The highest BCUT2D eigenvalue weighted by atomic mass is 32.3. The van der Waals surface area contributed by atoms with E-state index in [1.54, 1.807) is 29.6 Å². The molecule has 0 radical (unpaired) electrons. The molecule has 150 valence electrons. The van der Waals surface area contributed by atoms with Gasteiger partial charge in [0.1, 0.15) is 5.75 Å². The average Bonchev–Trinajstić information content (AvgIpc) is 3.31. The van der Waals surface area contributed by atoms with Gasteiger partial charge in [-0.2, -0.15) is 8.42 Å². The maximum Gasteiger partial charge on any atom is 0.348 e. The number of anilines is 1. The Balaban J connectivity index is 1.68. The first-order valence-electron chi connectivity index (χ1n) is 8.82. The fourth-order valence-corrected chi connectivity index (χ4v) is 5.35. The van der Waals surface area contributed by atoms with Crippen LogP contribution in [0.2, 0.25) is 0 Å². The molecule has 0 saturated carbocycles. The van der Waals surface area contributed by atoms with Crippen molar-refractivity contribution in [2.75, 3.05) is 25.0 Å². The molecule has 0 aliphatic heterocycles. The number of nitrogens with zero attached hydrogens (tertiary/aromatic N) is 2. The van der Waals surface area contributed by atoms with Crippen LogP contribution in [-0.2, 0) is 14.9 Å². The van der Waals surface area contributed by atoms with E-state index in [0.29, 0.717) is 23.6 Å². The third-order valence-electron chi connectivity index (χ3n) is 4.10. The van der Waals surface area contributed by atoms with Gasteiger partial charge in [-0.05, 0) is 36.7 Å². The predicted octanol–water partition coefficient (Wildman–Crippen LogP) is 3.80. The van der Waals surface area contributed by atoms with Crippen LogP contribution in [0.1, 0.15) is 20.3 Å². The lowest BCUT2D eigenvalue weighted by molar-refractivity contribution is -0.116. The largest absolute Gasteiger partial charge is 0.378 e. The minimum atomic E-state index is -3.84. The normalized spacial score (nSPS) is 11.8. The van der Waals surface area contributed by atoms with Crippen LogP contribution in [0.5, 0.6) is 5.75 Å². The lowest BCUT2D eigenvalue weighted by atomic mass is 10.3. The Morgan fingerprint density at radius 3 is 2.71 bits per heavy atom. The SMILES string of the molecule is CCN(CC)CCC(=O)Nc1nc2ccc(OS(=O)(=O)c3cccs3)cc2s1. The van der Waals surface area contributed by atoms with Crippen LogP contribution in [0, 0.1) is 0 Å². The van der Waals surface area contributed by atoms with Gasteiger partial charge in [-0.1, -0.05) is 31.3 Å². The molecule has 3 rings (SSSR count). The van der Waals surface area contributed by atoms with Crippen LogP contribution in [-0.4, -0.2) is 43.8 Å². The van der Waals surface area contributed by atoms with Crippen LogP contribution in [0.3, 0.4) is 0 Å². The lowest BCUT2D eigenvalue weighted by Gasteiger charge is -2.16. The molecule has 1 N–H and O–H groups in total. The van der Waals surface area contributed by atoms with Crippen LogP contribution < -0.4 is 9.50 Å². The standard InChI is InChI=1S/C18H21N3O4S3/c1-3-21(4-2)10-9-16(22)20-18-19-14-8-7-13(12-15(14)27-18)25-28(23,24)17-6-5-11-26-17/h5-8,11-12H,3-4,9-10H2,1-2H3,(H,19,20,22). The molecular weight excluding hydrogens is 418 g/mol. The quantitative estimate of drug-likeness (QED) is 0.510. The van der Waals surface area contributed by atoms with E-state index in [-0.39, 0.29) is 15.9 Å². The molecular formula is C18H21N3O4S3. The molecule has 0 aliphatic rings. The third-order valence-corrected chi connectivity index (χ3v) is 7.64. The summed E-state index contributed by atoms with van der Waals surface area (Å²) < 4.78 is 30.6. The minimum Gasteiger partial charge on any atom is -0.378 e. The minimum absolute atomic E-state index is 0.0947. The zero-order chi connectivity index (χ0) is 20.1. The molecule has 0 atom stereocenters. The van der Waals surface area contributed by atoms with Gasteiger partial charge < -0.3 is 14.4 Å². The van der Waals surface area contributed by atoms with Crippen LogP contribution >= 0.6 is 22.7 Å². The Morgan fingerprint density at radius 2 is 2.04 bits per heavy atom. The first-order valence-corrected chi connectivity index (χ1v) is 11.9. The van der Waals surface area contributed by atoms with Crippen LogP contribution in [0.15, 0.2) is 39.9 Å². The topological polar surface area (TPSA) is 88.6 Å². The second-order valence-electron chi connectivity index (χ2n) is 5.94. The van der Waals surface area contributed by atoms with E-state index in [1.165, 1.54) is 17.4 Å². The van der Waals surface area contributed by atoms with Gasteiger partial charge >= 0.3 is 10.1 Å². The van der Waals surface area contributed by atoms with Crippen molar-refractivity contribution < 1.29 is 17.4 Å². The number of aromatic nitrogens is 1. The molecule has 1 aromatic carbocycles. The van der Waals surface area contributed by atoms with Gasteiger partial charge in [0.05, 0.1) is 10.2 Å². The summed E-state index contributed by atoms with van der Waals surface area (Å²) in [5, 5.41) is 4.97. The van der Waals surface area contributed by atoms with Crippen LogP contribution in [0.4, 0.5) is 5.13 Å². The molecule has 0 aliphatic carbocycles. The average molecular weight is 440 g/mol. The fourth-order valence-electron chi connectivity index (χ4n) is 2.56. The fraction of sp³-hybridized carbons (Fsp3) is 0.333. The Hall–Kier alpha value is -2.01.